The van der Waals surface area contributed by atoms with E-state index in [1.807, 2.05) is 36.1 Å². The van der Waals surface area contributed by atoms with E-state index >= 15 is 0 Å². The lowest BCUT2D eigenvalue weighted by Gasteiger charge is -2.36. The molecule has 0 spiro atoms. The third-order valence-electron chi connectivity index (χ3n) is 5.77. The zero-order valence-electron chi connectivity index (χ0n) is 18.9. The highest BCUT2D eigenvalue weighted by Gasteiger charge is 2.33. The van der Waals surface area contributed by atoms with Crippen molar-refractivity contribution in [2.75, 3.05) is 33.3 Å². The van der Waals surface area contributed by atoms with Crippen molar-refractivity contribution in [3.8, 4) is 5.75 Å². The summed E-state index contributed by atoms with van der Waals surface area (Å²) in [6.07, 6.45) is 0. The van der Waals surface area contributed by atoms with Gasteiger partial charge in [-0.25, -0.2) is 8.42 Å². The van der Waals surface area contributed by atoms with Crippen LogP contribution in [0.4, 0.5) is 5.69 Å². The predicted octanol–water partition coefficient (Wildman–Crippen LogP) is 1.92. The Morgan fingerprint density at radius 2 is 1.79 bits per heavy atom. The number of hydrogen-bond donors (Lipinski definition) is 1. The minimum Gasteiger partial charge on any atom is -0.490 e. The van der Waals surface area contributed by atoms with Crippen molar-refractivity contribution in [1.29, 1.82) is 0 Å². The second-order valence-corrected chi connectivity index (χ2v) is 9.85. The van der Waals surface area contributed by atoms with Gasteiger partial charge in [0.05, 0.1) is 23.0 Å². The molecule has 2 aromatic rings. The lowest BCUT2D eigenvalue weighted by Crippen LogP contribution is -2.54. The molecule has 0 aromatic heterocycles. The first-order valence-electron chi connectivity index (χ1n) is 10.5. The van der Waals surface area contributed by atoms with E-state index in [4.69, 9.17) is 4.74 Å². The number of ether oxygens (including phenoxy) is 1. The van der Waals surface area contributed by atoms with Crippen LogP contribution in [0.1, 0.15) is 18.1 Å². The number of carbonyl (C=O) groups is 1. The first-order chi connectivity index (χ1) is 15.6. The van der Waals surface area contributed by atoms with Gasteiger partial charge in [-0.2, -0.15) is 4.31 Å². The molecule has 0 bridgehead atoms. The van der Waals surface area contributed by atoms with Gasteiger partial charge >= 0.3 is 5.69 Å². The number of aryl methyl sites for hydroxylation is 1. The van der Waals surface area contributed by atoms with E-state index in [0.717, 1.165) is 17.2 Å². The van der Waals surface area contributed by atoms with Crippen LogP contribution in [0.15, 0.2) is 47.4 Å². The summed E-state index contributed by atoms with van der Waals surface area (Å²) in [7, 11) is -2.63. The quantitative estimate of drug-likeness (QED) is 0.456. The van der Waals surface area contributed by atoms with Crippen LogP contribution in [0, 0.1) is 17.0 Å². The maximum Gasteiger partial charge on any atom is 0.312 e. The molecule has 10 nitrogen and oxygen atoms in total. The van der Waals surface area contributed by atoms with Gasteiger partial charge in [-0.3, -0.25) is 19.8 Å². The first kappa shape index (κ1) is 24.6. The zero-order valence-corrected chi connectivity index (χ0v) is 19.7. The summed E-state index contributed by atoms with van der Waals surface area (Å²) in [6, 6.07) is 11.1. The Hall–Kier alpha value is -3.02. The van der Waals surface area contributed by atoms with Crippen molar-refractivity contribution in [3.63, 3.8) is 0 Å². The van der Waals surface area contributed by atoms with Crippen LogP contribution < -0.4 is 10.1 Å². The number of carbonyl (C=O) groups excluding carboxylic acids is 1. The number of benzene rings is 2. The van der Waals surface area contributed by atoms with Crippen LogP contribution in [0.2, 0.25) is 0 Å². The van der Waals surface area contributed by atoms with Crippen LogP contribution >= 0.6 is 0 Å². The van der Waals surface area contributed by atoms with E-state index in [-0.39, 0.29) is 29.6 Å². The van der Waals surface area contributed by atoms with Crippen LogP contribution in [0.25, 0.3) is 0 Å². The number of sulfonamides is 1. The largest absolute Gasteiger partial charge is 0.490 e. The van der Waals surface area contributed by atoms with Gasteiger partial charge in [-0.15, -0.1) is 0 Å². The predicted molar refractivity (Wildman–Crippen MR) is 122 cm³/mol. The lowest BCUT2D eigenvalue weighted by atomic mass is 10.1. The number of methoxy groups -OCH3 is 1. The first-order valence-corrected chi connectivity index (χ1v) is 12.0. The van der Waals surface area contributed by atoms with Gasteiger partial charge in [-0.1, -0.05) is 29.8 Å². The second-order valence-electron chi connectivity index (χ2n) is 7.91. The summed E-state index contributed by atoms with van der Waals surface area (Å²) in [5.41, 5.74) is 1.75. The molecule has 178 valence electrons. The molecule has 1 atom stereocenters. The van der Waals surface area contributed by atoms with Crippen LogP contribution in [0.3, 0.4) is 0 Å². The maximum atomic E-state index is 13.0. The zero-order chi connectivity index (χ0) is 24.2. The Morgan fingerprint density at radius 1 is 1.15 bits per heavy atom. The SMILES string of the molecule is COc1ccc(S(=O)(=O)N2CCN(C(C)C(=O)NCc3ccc(C)cc3)CC2)cc1[N+](=O)[O-]. The summed E-state index contributed by atoms with van der Waals surface area (Å²) in [6.45, 7) is 5.32. The van der Waals surface area contributed by atoms with Crippen molar-refractivity contribution in [2.24, 2.45) is 0 Å². The highest BCUT2D eigenvalue weighted by Crippen LogP contribution is 2.30. The molecule has 11 heteroatoms. The van der Waals surface area contributed by atoms with E-state index in [1.165, 1.54) is 23.5 Å². The van der Waals surface area contributed by atoms with Crippen LogP contribution in [-0.4, -0.2) is 67.8 Å². The Balaban J connectivity index is 1.60. The molecule has 1 aliphatic heterocycles. The normalized spacial score (nSPS) is 16.2. The third kappa shape index (κ3) is 5.67. The lowest BCUT2D eigenvalue weighted by molar-refractivity contribution is -0.386. The highest BCUT2D eigenvalue weighted by atomic mass is 32.2. The van der Waals surface area contributed by atoms with Crippen LogP contribution in [-0.2, 0) is 21.4 Å². The number of piperazine rings is 1. The van der Waals surface area contributed by atoms with E-state index in [2.05, 4.69) is 5.32 Å². The number of amides is 1. The Bertz CT molecular complexity index is 1110. The van der Waals surface area contributed by atoms with E-state index in [1.54, 1.807) is 6.92 Å². The fraction of sp³-hybridized carbons (Fsp3) is 0.409. The average molecular weight is 477 g/mol. The molecule has 1 N–H and O–H groups in total. The summed E-state index contributed by atoms with van der Waals surface area (Å²) in [5, 5.41) is 14.2. The number of hydrogen-bond acceptors (Lipinski definition) is 7. The standard InChI is InChI=1S/C22H28N4O6S/c1-16-4-6-18(7-5-16)15-23-22(27)17(2)24-10-12-25(13-11-24)33(30,31)19-8-9-21(32-3)20(14-19)26(28)29/h4-9,14,17H,10-13,15H2,1-3H3,(H,23,27). The minimum atomic E-state index is -3.92. The molecule has 1 amide bonds. The maximum absolute atomic E-state index is 13.0. The topological polar surface area (TPSA) is 122 Å². The van der Waals surface area contributed by atoms with Gasteiger partial charge in [0.1, 0.15) is 0 Å². The molecule has 0 saturated carbocycles. The molecule has 33 heavy (non-hydrogen) atoms. The second kappa shape index (κ2) is 10.3. The van der Waals surface area contributed by atoms with Gasteiger partial charge in [0.15, 0.2) is 5.75 Å². The minimum absolute atomic E-state index is 0.00533. The molecule has 1 unspecified atom stereocenters. The summed E-state index contributed by atoms with van der Waals surface area (Å²) in [4.78, 5) is 24.9. The van der Waals surface area contributed by atoms with E-state index in [0.29, 0.717) is 19.6 Å². The molecule has 0 radical (unpaired) electrons. The van der Waals surface area contributed by atoms with Gasteiger partial charge in [0, 0.05) is 38.8 Å². The number of nitrogens with zero attached hydrogens (tertiary/aromatic N) is 3. The molecule has 1 saturated heterocycles. The van der Waals surface area contributed by atoms with Gasteiger partial charge in [0.2, 0.25) is 15.9 Å². The van der Waals surface area contributed by atoms with Crippen molar-refractivity contribution in [1.82, 2.24) is 14.5 Å². The molecule has 3 rings (SSSR count). The van der Waals surface area contributed by atoms with E-state index < -0.39 is 26.7 Å². The average Bonchev–Trinajstić information content (AvgIpc) is 2.82. The molecule has 0 aliphatic carbocycles. The number of nitrogens with one attached hydrogen (secondary N) is 1. The monoisotopic (exact) mass is 476 g/mol. The fourth-order valence-corrected chi connectivity index (χ4v) is 5.10. The number of nitro benzene ring substituents is 1. The summed E-state index contributed by atoms with van der Waals surface area (Å²) >= 11 is 0. The van der Waals surface area contributed by atoms with Crippen molar-refractivity contribution >= 4 is 21.6 Å². The van der Waals surface area contributed by atoms with Crippen LogP contribution in [0.5, 0.6) is 5.75 Å². The van der Waals surface area contributed by atoms with E-state index in [9.17, 15) is 23.3 Å². The highest BCUT2D eigenvalue weighted by molar-refractivity contribution is 7.89. The number of nitro groups is 1. The molecular formula is C22H28N4O6S. The molecular weight excluding hydrogens is 448 g/mol. The van der Waals surface area contributed by atoms with Crippen molar-refractivity contribution in [3.05, 3.63) is 63.7 Å². The Labute approximate surface area is 193 Å². The molecule has 1 fully saturated rings. The molecule has 1 aliphatic rings. The van der Waals surface area contributed by atoms with Gasteiger partial charge in [-0.05, 0) is 31.5 Å². The Kier molecular flexibility index (Phi) is 7.67. The Morgan fingerprint density at radius 3 is 2.36 bits per heavy atom. The van der Waals surface area contributed by atoms with Crippen molar-refractivity contribution < 1.29 is 22.9 Å². The number of rotatable bonds is 8. The summed E-state index contributed by atoms with van der Waals surface area (Å²) in [5.74, 6) is -0.132. The van der Waals surface area contributed by atoms with Crippen molar-refractivity contribution in [2.45, 2.75) is 31.3 Å². The molecule has 1 heterocycles. The third-order valence-corrected chi connectivity index (χ3v) is 7.67. The fourth-order valence-electron chi connectivity index (χ4n) is 3.66. The smallest absolute Gasteiger partial charge is 0.312 e. The van der Waals surface area contributed by atoms with Gasteiger partial charge < -0.3 is 10.1 Å². The van der Waals surface area contributed by atoms with Gasteiger partial charge in [0.25, 0.3) is 0 Å². The molecule has 2 aromatic carbocycles. The summed E-state index contributed by atoms with van der Waals surface area (Å²) < 4.78 is 32.3.